The Hall–Kier alpha value is -1.82. The first-order chi connectivity index (χ1) is 8.79. The molecule has 6 heteroatoms. The Kier molecular flexibility index (Phi) is 2.79. The zero-order valence-corrected chi connectivity index (χ0v) is 10.5. The Morgan fingerprint density at radius 1 is 1.44 bits per heavy atom. The average Bonchev–Trinajstić information content (AvgIpc) is 3.07. The zero-order valence-electron chi connectivity index (χ0n) is 10.5. The van der Waals surface area contributed by atoms with Crippen molar-refractivity contribution in [3.05, 3.63) is 18.6 Å². The highest BCUT2D eigenvalue weighted by molar-refractivity contribution is 5.66. The molecule has 2 aromatic heterocycles. The van der Waals surface area contributed by atoms with Crippen molar-refractivity contribution in [2.75, 3.05) is 17.4 Å². The highest BCUT2D eigenvalue weighted by Gasteiger charge is 2.23. The number of nitrogens with two attached hydrogens (primary N) is 1. The predicted octanol–water partition coefficient (Wildman–Crippen LogP) is 1.39. The zero-order chi connectivity index (χ0) is 12.5. The molecule has 1 fully saturated rings. The lowest BCUT2D eigenvalue weighted by atomic mass is 10.2. The van der Waals surface area contributed by atoms with Gasteiger partial charge in [-0.2, -0.15) is 0 Å². The van der Waals surface area contributed by atoms with Gasteiger partial charge >= 0.3 is 0 Å². The Labute approximate surface area is 106 Å². The Balaban J connectivity index is 2.05. The van der Waals surface area contributed by atoms with E-state index in [1.807, 2.05) is 16.8 Å². The molecule has 0 bridgehead atoms. The lowest BCUT2D eigenvalue weighted by molar-refractivity contribution is 0.647. The maximum Gasteiger partial charge on any atom is 0.180 e. The fourth-order valence-corrected chi connectivity index (χ4v) is 2.69. The van der Waals surface area contributed by atoms with Crippen LogP contribution in [0.15, 0.2) is 18.6 Å². The molecule has 0 aromatic carbocycles. The van der Waals surface area contributed by atoms with Gasteiger partial charge in [0.25, 0.3) is 0 Å². The van der Waals surface area contributed by atoms with E-state index in [0.29, 0.717) is 11.9 Å². The highest BCUT2D eigenvalue weighted by atomic mass is 15.3. The van der Waals surface area contributed by atoms with Gasteiger partial charge in [-0.25, -0.2) is 15.8 Å². The first kappa shape index (κ1) is 11.3. The summed E-state index contributed by atoms with van der Waals surface area (Å²) in [5.74, 6) is 7.01. The summed E-state index contributed by atoms with van der Waals surface area (Å²) < 4.78 is 1.95. The van der Waals surface area contributed by atoms with Crippen LogP contribution in [0.5, 0.6) is 0 Å². The van der Waals surface area contributed by atoms with Gasteiger partial charge in [0.05, 0.1) is 6.20 Å². The molecule has 0 unspecified atom stereocenters. The largest absolute Gasteiger partial charge is 0.354 e. The number of nitrogen functional groups attached to an aromatic ring is 1. The molecule has 0 radical (unpaired) electrons. The van der Waals surface area contributed by atoms with Crippen LogP contribution in [0, 0.1) is 0 Å². The summed E-state index contributed by atoms with van der Waals surface area (Å²) in [6.45, 7) is 0. The summed E-state index contributed by atoms with van der Waals surface area (Å²) in [4.78, 5) is 11.2. The minimum atomic E-state index is 0.561. The van der Waals surface area contributed by atoms with E-state index in [9.17, 15) is 0 Å². The van der Waals surface area contributed by atoms with E-state index in [1.165, 1.54) is 25.7 Å². The van der Waals surface area contributed by atoms with E-state index in [1.54, 1.807) is 6.20 Å². The molecule has 96 valence electrons. The second kappa shape index (κ2) is 4.45. The number of imidazole rings is 1. The van der Waals surface area contributed by atoms with Crippen LogP contribution < -0.4 is 16.2 Å². The summed E-state index contributed by atoms with van der Waals surface area (Å²) >= 11 is 0. The number of rotatable bonds is 3. The minimum Gasteiger partial charge on any atom is -0.354 e. The molecule has 2 heterocycles. The van der Waals surface area contributed by atoms with Gasteiger partial charge in [-0.05, 0) is 12.8 Å². The molecule has 18 heavy (non-hydrogen) atoms. The third-order valence-electron chi connectivity index (χ3n) is 3.71. The van der Waals surface area contributed by atoms with Crippen LogP contribution in [0.1, 0.15) is 25.7 Å². The first-order valence-electron chi connectivity index (χ1n) is 6.33. The first-order valence-corrected chi connectivity index (χ1v) is 6.33. The van der Waals surface area contributed by atoms with E-state index in [-0.39, 0.29) is 0 Å². The van der Waals surface area contributed by atoms with E-state index in [4.69, 9.17) is 5.84 Å². The van der Waals surface area contributed by atoms with Gasteiger partial charge in [0.15, 0.2) is 17.3 Å². The fraction of sp³-hybridized carbons (Fsp3) is 0.500. The molecule has 2 aromatic rings. The van der Waals surface area contributed by atoms with Crippen molar-refractivity contribution in [3.8, 4) is 0 Å². The van der Waals surface area contributed by atoms with Gasteiger partial charge in [0, 0.05) is 25.5 Å². The Morgan fingerprint density at radius 3 is 2.94 bits per heavy atom. The summed E-state index contributed by atoms with van der Waals surface area (Å²) in [6, 6.07) is 0.561. The number of hydrogen-bond donors (Lipinski definition) is 2. The third-order valence-corrected chi connectivity index (χ3v) is 3.71. The molecule has 0 saturated heterocycles. The lowest BCUT2D eigenvalue weighted by Gasteiger charge is -2.25. The maximum atomic E-state index is 5.47. The molecule has 1 saturated carbocycles. The van der Waals surface area contributed by atoms with Crippen molar-refractivity contribution in [2.24, 2.45) is 5.84 Å². The molecule has 6 nitrogen and oxygen atoms in total. The Morgan fingerprint density at radius 2 is 2.22 bits per heavy atom. The van der Waals surface area contributed by atoms with Crippen molar-refractivity contribution < 1.29 is 0 Å². The summed E-state index contributed by atoms with van der Waals surface area (Å²) in [5, 5.41) is 0. The number of hydrazine groups is 1. The molecule has 3 rings (SSSR count). The van der Waals surface area contributed by atoms with Gasteiger partial charge in [-0.15, -0.1) is 0 Å². The molecule has 0 spiro atoms. The number of hydrogen-bond acceptors (Lipinski definition) is 5. The summed E-state index contributed by atoms with van der Waals surface area (Å²) in [7, 11) is 2.09. The smallest absolute Gasteiger partial charge is 0.180 e. The van der Waals surface area contributed by atoms with Gasteiger partial charge in [-0.1, -0.05) is 12.8 Å². The molecule has 1 aliphatic rings. The summed E-state index contributed by atoms with van der Waals surface area (Å²) in [5.41, 5.74) is 3.49. The second-order valence-corrected chi connectivity index (χ2v) is 4.80. The molecular weight excluding hydrogens is 228 g/mol. The number of fused-ring (bicyclic) bond motifs is 1. The number of nitrogens with zero attached hydrogens (tertiary/aromatic N) is 4. The highest BCUT2D eigenvalue weighted by Crippen LogP contribution is 2.28. The second-order valence-electron chi connectivity index (χ2n) is 4.80. The normalized spacial score (nSPS) is 16.3. The molecule has 1 aliphatic carbocycles. The average molecular weight is 246 g/mol. The van der Waals surface area contributed by atoms with Crippen LogP contribution in [0.2, 0.25) is 0 Å². The van der Waals surface area contributed by atoms with Gasteiger partial charge < -0.3 is 14.7 Å². The molecular formula is C12H18N6. The van der Waals surface area contributed by atoms with Crippen LogP contribution in [-0.2, 0) is 0 Å². The third kappa shape index (κ3) is 1.78. The number of aromatic nitrogens is 3. The molecule has 3 N–H and O–H groups in total. The number of nitrogens with one attached hydrogen (secondary N) is 1. The number of anilines is 2. The van der Waals surface area contributed by atoms with Crippen LogP contribution in [0.3, 0.4) is 0 Å². The minimum absolute atomic E-state index is 0.561. The van der Waals surface area contributed by atoms with Crippen LogP contribution in [0.25, 0.3) is 5.65 Å². The van der Waals surface area contributed by atoms with E-state index in [0.717, 1.165) is 11.5 Å². The molecule has 0 aliphatic heterocycles. The van der Waals surface area contributed by atoms with Crippen LogP contribution in [0.4, 0.5) is 11.6 Å². The predicted molar refractivity (Wildman–Crippen MR) is 71.5 cm³/mol. The van der Waals surface area contributed by atoms with Crippen molar-refractivity contribution in [1.82, 2.24) is 14.4 Å². The van der Waals surface area contributed by atoms with Gasteiger partial charge in [0.2, 0.25) is 0 Å². The Bertz CT molecular complexity index is 542. The van der Waals surface area contributed by atoms with E-state index in [2.05, 4.69) is 27.3 Å². The summed E-state index contributed by atoms with van der Waals surface area (Å²) in [6.07, 6.45) is 10.6. The van der Waals surface area contributed by atoms with Crippen molar-refractivity contribution >= 4 is 17.3 Å². The fourth-order valence-electron chi connectivity index (χ4n) is 2.69. The van der Waals surface area contributed by atoms with Crippen molar-refractivity contribution in [2.45, 2.75) is 31.7 Å². The molecule has 0 atom stereocenters. The van der Waals surface area contributed by atoms with Crippen molar-refractivity contribution in [1.29, 1.82) is 0 Å². The van der Waals surface area contributed by atoms with Gasteiger partial charge in [0.1, 0.15) is 0 Å². The lowest BCUT2D eigenvalue weighted by Crippen LogP contribution is -2.30. The molecule has 0 amide bonds. The topological polar surface area (TPSA) is 71.5 Å². The van der Waals surface area contributed by atoms with Crippen molar-refractivity contribution in [3.63, 3.8) is 0 Å². The van der Waals surface area contributed by atoms with E-state index >= 15 is 0 Å². The standard InChI is InChI=1S/C12H18N6/c1-17(9-4-2-3-5-9)12-11-14-6-7-18(11)8-10(15-12)16-13/h6-9,16H,2-5,13H2,1H3. The van der Waals surface area contributed by atoms with Crippen LogP contribution >= 0.6 is 0 Å². The SMILES string of the molecule is CN(c1nc(NN)cn2ccnc12)C1CCCC1. The maximum absolute atomic E-state index is 5.47. The van der Waals surface area contributed by atoms with Crippen LogP contribution in [-0.4, -0.2) is 27.5 Å². The van der Waals surface area contributed by atoms with E-state index < -0.39 is 0 Å². The monoisotopic (exact) mass is 246 g/mol. The quantitative estimate of drug-likeness (QED) is 0.632. The van der Waals surface area contributed by atoms with Gasteiger partial charge in [-0.3, -0.25) is 0 Å².